The Hall–Kier alpha value is -2.73. The van der Waals surface area contributed by atoms with Crippen molar-refractivity contribution in [2.45, 2.75) is 72.0 Å². The number of hydrogen-bond donors (Lipinski definition) is 1. The second-order valence-corrected chi connectivity index (χ2v) is 10.3. The summed E-state index contributed by atoms with van der Waals surface area (Å²) in [6.07, 6.45) is 2.60. The highest BCUT2D eigenvalue weighted by Gasteiger charge is 2.52. The zero-order valence-electron chi connectivity index (χ0n) is 20.5. The quantitative estimate of drug-likeness (QED) is 0.622. The van der Waals surface area contributed by atoms with Gasteiger partial charge in [0.05, 0.1) is 0 Å². The molecular formula is C27H37FN4O. The molecule has 6 heteroatoms. The molecule has 1 fully saturated rings. The zero-order valence-corrected chi connectivity index (χ0v) is 20.5. The lowest BCUT2D eigenvalue weighted by molar-refractivity contribution is 0.123. The number of halogens is 1. The lowest BCUT2D eigenvalue weighted by Gasteiger charge is -2.47. The number of carbonyl (C=O) groups is 1. The Bertz CT molecular complexity index is 985. The molecule has 178 valence electrons. The number of amides is 2. The van der Waals surface area contributed by atoms with Crippen LogP contribution in [0.4, 0.5) is 14.9 Å². The number of amidine groups is 1. The third-order valence-corrected chi connectivity index (χ3v) is 6.74. The number of nitrogens with two attached hydrogens (primary N) is 1. The number of benzene rings is 2. The first kappa shape index (κ1) is 24.9. The van der Waals surface area contributed by atoms with Crippen molar-refractivity contribution in [2.24, 2.45) is 16.1 Å². The summed E-state index contributed by atoms with van der Waals surface area (Å²) in [4.78, 5) is 20.6. The first-order valence-corrected chi connectivity index (χ1v) is 11.8. The van der Waals surface area contributed by atoms with E-state index in [1.165, 1.54) is 24.1 Å². The van der Waals surface area contributed by atoms with Crippen molar-refractivity contribution in [2.75, 3.05) is 11.4 Å². The van der Waals surface area contributed by atoms with Gasteiger partial charge in [-0.1, -0.05) is 70.5 Å². The minimum Gasteiger partial charge on any atom is -0.385 e. The lowest BCUT2D eigenvalue weighted by Crippen LogP contribution is -2.62. The van der Waals surface area contributed by atoms with Gasteiger partial charge in [0.1, 0.15) is 17.2 Å². The Balaban J connectivity index is 0.000000454. The molecule has 4 rings (SSSR count). The third-order valence-electron chi connectivity index (χ3n) is 6.74. The van der Waals surface area contributed by atoms with E-state index in [1.54, 1.807) is 17.0 Å². The van der Waals surface area contributed by atoms with E-state index in [0.29, 0.717) is 29.8 Å². The highest BCUT2D eigenvalue weighted by Crippen LogP contribution is 2.40. The van der Waals surface area contributed by atoms with E-state index in [1.807, 2.05) is 18.2 Å². The monoisotopic (exact) mass is 452 g/mol. The van der Waals surface area contributed by atoms with E-state index >= 15 is 0 Å². The van der Waals surface area contributed by atoms with Crippen LogP contribution in [0, 0.1) is 11.2 Å². The van der Waals surface area contributed by atoms with Crippen LogP contribution in [0.25, 0.3) is 0 Å². The standard InChI is InChI=1S/C21H23FN4O.C6H14/c1-15-13-21(10-11-25(15)14-16-6-3-2-4-7-16)19(23)24-20(27)26(21)18-9-5-8-17(22)12-18;1-5-6(2,3)4/h2-9,12,15H,10-11,13-14H2,1H3,(H2,23,24,27);5H2,1-4H3. The number of anilines is 1. The highest BCUT2D eigenvalue weighted by molar-refractivity contribution is 6.15. The number of likely N-dealkylation sites (tertiary alicyclic amines) is 1. The minimum atomic E-state index is -0.683. The van der Waals surface area contributed by atoms with Crippen molar-refractivity contribution in [1.82, 2.24) is 4.90 Å². The Morgan fingerprint density at radius 2 is 1.82 bits per heavy atom. The second-order valence-electron chi connectivity index (χ2n) is 10.3. The zero-order chi connectivity index (χ0) is 24.2. The molecule has 0 bridgehead atoms. The summed E-state index contributed by atoms with van der Waals surface area (Å²) in [5, 5.41) is 0. The SMILES string of the molecule is CC1CC2(CCN1Cc1ccccc1)C(N)=NC(=O)N2c1cccc(F)c1.CCC(C)(C)C. The van der Waals surface area contributed by atoms with Gasteiger partial charge in [0.25, 0.3) is 0 Å². The maximum atomic E-state index is 13.8. The third kappa shape index (κ3) is 5.80. The molecule has 1 spiro atoms. The van der Waals surface area contributed by atoms with Crippen molar-refractivity contribution in [1.29, 1.82) is 0 Å². The fraction of sp³-hybridized carbons (Fsp3) is 0.481. The van der Waals surface area contributed by atoms with Gasteiger partial charge in [0.2, 0.25) is 0 Å². The maximum absolute atomic E-state index is 13.8. The van der Waals surface area contributed by atoms with Gasteiger partial charge in [-0.05, 0) is 48.9 Å². The van der Waals surface area contributed by atoms with E-state index in [-0.39, 0.29) is 11.9 Å². The predicted molar refractivity (Wildman–Crippen MR) is 134 cm³/mol. The van der Waals surface area contributed by atoms with Crippen LogP contribution in [0.2, 0.25) is 0 Å². The molecule has 0 aromatic heterocycles. The van der Waals surface area contributed by atoms with Gasteiger partial charge in [-0.15, -0.1) is 0 Å². The molecule has 0 radical (unpaired) electrons. The summed E-state index contributed by atoms with van der Waals surface area (Å²) in [6.45, 7) is 12.7. The summed E-state index contributed by atoms with van der Waals surface area (Å²) < 4.78 is 13.8. The Kier molecular flexibility index (Phi) is 7.58. The number of piperidine rings is 1. The van der Waals surface area contributed by atoms with Crippen LogP contribution >= 0.6 is 0 Å². The summed E-state index contributed by atoms with van der Waals surface area (Å²) >= 11 is 0. The Morgan fingerprint density at radius 1 is 1.15 bits per heavy atom. The normalized spacial score (nSPS) is 23.3. The summed E-state index contributed by atoms with van der Waals surface area (Å²) in [6, 6.07) is 16.2. The van der Waals surface area contributed by atoms with E-state index in [0.717, 1.165) is 13.1 Å². The van der Waals surface area contributed by atoms with Crippen LogP contribution in [0.1, 0.15) is 59.4 Å². The number of aliphatic imine (C=N–C) groups is 1. The van der Waals surface area contributed by atoms with Crippen molar-refractivity contribution in [3.63, 3.8) is 0 Å². The van der Waals surface area contributed by atoms with Gasteiger partial charge in [0.15, 0.2) is 0 Å². The van der Waals surface area contributed by atoms with Gasteiger partial charge < -0.3 is 5.73 Å². The molecule has 2 N–H and O–H groups in total. The highest BCUT2D eigenvalue weighted by atomic mass is 19.1. The molecule has 2 aromatic rings. The molecule has 5 nitrogen and oxygen atoms in total. The number of hydrogen-bond acceptors (Lipinski definition) is 3. The minimum absolute atomic E-state index is 0.203. The number of urea groups is 1. The predicted octanol–water partition coefficient (Wildman–Crippen LogP) is 5.99. The molecule has 2 amide bonds. The molecule has 2 unspecified atom stereocenters. The van der Waals surface area contributed by atoms with Crippen LogP contribution in [-0.2, 0) is 6.54 Å². The topological polar surface area (TPSA) is 61.9 Å². The largest absolute Gasteiger partial charge is 0.385 e. The van der Waals surface area contributed by atoms with Crippen LogP contribution in [0.5, 0.6) is 0 Å². The summed E-state index contributed by atoms with van der Waals surface area (Å²) in [5.74, 6) is -0.0431. The maximum Gasteiger partial charge on any atom is 0.350 e. The Morgan fingerprint density at radius 3 is 2.39 bits per heavy atom. The molecule has 33 heavy (non-hydrogen) atoms. The smallest absolute Gasteiger partial charge is 0.350 e. The van der Waals surface area contributed by atoms with Crippen LogP contribution in [0.15, 0.2) is 59.6 Å². The summed E-state index contributed by atoms with van der Waals surface area (Å²) in [5.41, 5.74) is 7.86. The fourth-order valence-electron chi connectivity index (χ4n) is 4.28. The molecule has 2 aromatic carbocycles. The van der Waals surface area contributed by atoms with Crippen LogP contribution in [0.3, 0.4) is 0 Å². The van der Waals surface area contributed by atoms with E-state index in [4.69, 9.17) is 5.73 Å². The van der Waals surface area contributed by atoms with E-state index in [9.17, 15) is 9.18 Å². The first-order chi connectivity index (χ1) is 15.6. The van der Waals surface area contributed by atoms with Gasteiger partial charge in [0, 0.05) is 24.8 Å². The van der Waals surface area contributed by atoms with Crippen molar-refractivity contribution in [3.8, 4) is 0 Å². The fourth-order valence-corrected chi connectivity index (χ4v) is 4.28. The molecule has 2 aliphatic heterocycles. The van der Waals surface area contributed by atoms with Crippen molar-refractivity contribution >= 4 is 17.6 Å². The molecule has 0 aliphatic carbocycles. The van der Waals surface area contributed by atoms with Crippen molar-refractivity contribution < 1.29 is 9.18 Å². The molecule has 2 atom stereocenters. The number of nitrogens with zero attached hydrogens (tertiary/aromatic N) is 3. The lowest BCUT2D eigenvalue weighted by atomic mass is 9.81. The van der Waals surface area contributed by atoms with E-state index < -0.39 is 11.6 Å². The van der Waals surface area contributed by atoms with Gasteiger partial charge >= 0.3 is 6.03 Å². The van der Waals surface area contributed by atoms with Crippen molar-refractivity contribution in [3.05, 3.63) is 66.0 Å². The molecule has 1 saturated heterocycles. The number of carbonyl (C=O) groups excluding carboxylic acids is 1. The molecule has 0 saturated carbocycles. The summed E-state index contributed by atoms with van der Waals surface area (Å²) in [7, 11) is 0. The molecule has 2 heterocycles. The first-order valence-electron chi connectivity index (χ1n) is 11.8. The average Bonchev–Trinajstić information content (AvgIpc) is 2.99. The van der Waals surface area contributed by atoms with E-state index in [2.05, 4.69) is 56.6 Å². The van der Waals surface area contributed by atoms with Gasteiger partial charge in [-0.25, -0.2) is 9.18 Å². The van der Waals surface area contributed by atoms with Crippen LogP contribution < -0.4 is 10.6 Å². The van der Waals surface area contributed by atoms with Crippen LogP contribution in [-0.4, -0.2) is 34.9 Å². The van der Waals surface area contributed by atoms with Gasteiger partial charge in [-0.3, -0.25) is 9.80 Å². The average molecular weight is 453 g/mol. The second kappa shape index (κ2) is 10.0. The molecule has 2 aliphatic rings. The van der Waals surface area contributed by atoms with Gasteiger partial charge in [-0.2, -0.15) is 4.99 Å². The number of rotatable bonds is 3. The molecular weight excluding hydrogens is 415 g/mol. The Labute approximate surface area is 197 Å².